The monoisotopic (exact) mass is 372 g/mol. The van der Waals surface area contributed by atoms with E-state index in [1.54, 1.807) is 30.3 Å². The Labute approximate surface area is 153 Å². The maximum absolute atomic E-state index is 13.8. The normalized spacial score (nSPS) is 11.6. The second-order valence-corrected chi connectivity index (χ2v) is 7.81. The van der Waals surface area contributed by atoms with E-state index in [2.05, 4.69) is 4.72 Å². The van der Waals surface area contributed by atoms with Crippen molar-refractivity contribution in [3.05, 3.63) is 89.5 Å². The van der Waals surface area contributed by atoms with Gasteiger partial charge in [0.25, 0.3) is 0 Å². The average molecular weight is 372 g/mol. The van der Waals surface area contributed by atoms with Crippen LogP contribution in [0.4, 0.5) is 4.39 Å². The van der Waals surface area contributed by atoms with E-state index in [1.165, 1.54) is 6.07 Å². The fraction of sp³-hybridized carbons (Fsp3) is 0.200. The second kappa shape index (κ2) is 7.85. The van der Waals surface area contributed by atoms with Gasteiger partial charge in [0.1, 0.15) is 5.82 Å². The highest BCUT2D eigenvalue weighted by Crippen LogP contribution is 2.14. The van der Waals surface area contributed by atoms with E-state index in [-0.39, 0.29) is 17.3 Å². The average Bonchev–Trinajstić information content (AvgIpc) is 3.09. The lowest BCUT2D eigenvalue weighted by Crippen LogP contribution is -2.24. The molecule has 0 radical (unpaired) electrons. The molecule has 3 aromatic rings. The van der Waals surface area contributed by atoms with E-state index >= 15 is 0 Å². The quantitative estimate of drug-likeness (QED) is 0.687. The molecule has 0 fully saturated rings. The third-order valence-electron chi connectivity index (χ3n) is 4.31. The van der Waals surface area contributed by atoms with Crippen molar-refractivity contribution >= 4 is 10.0 Å². The van der Waals surface area contributed by atoms with Gasteiger partial charge in [-0.15, -0.1) is 0 Å². The Hall–Kier alpha value is -2.44. The number of aromatic nitrogens is 1. The van der Waals surface area contributed by atoms with Crippen molar-refractivity contribution in [3.8, 4) is 0 Å². The predicted octanol–water partition coefficient (Wildman–Crippen LogP) is 3.72. The van der Waals surface area contributed by atoms with Gasteiger partial charge < -0.3 is 4.57 Å². The van der Waals surface area contributed by atoms with E-state index in [0.29, 0.717) is 12.1 Å². The van der Waals surface area contributed by atoms with Crippen LogP contribution in [0, 0.1) is 5.82 Å². The number of nitrogens with zero attached hydrogens (tertiary/aromatic N) is 1. The van der Waals surface area contributed by atoms with E-state index in [9.17, 15) is 12.8 Å². The standard InChI is InChI=1S/C20H21FN2O2S/c1-2-16-9-11-19(12-10-16)26(24,25)22-14-18-7-5-13-23(18)15-17-6-3-4-8-20(17)21/h3-13,22H,2,14-15H2,1H3. The number of aryl methyl sites for hydroxylation is 1. The smallest absolute Gasteiger partial charge is 0.240 e. The fourth-order valence-corrected chi connectivity index (χ4v) is 3.73. The predicted molar refractivity (Wildman–Crippen MR) is 99.8 cm³/mol. The van der Waals surface area contributed by atoms with Crippen molar-refractivity contribution in [2.75, 3.05) is 0 Å². The van der Waals surface area contributed by atoms with Crippen LogP contribution in [0.5, 0.6) is 0 Å². The lowest BCUT2D eigenvalue weighted by Gasteiger charge is -2.12. The van der Waals surface area contributed by atoms with Gasteiger partial charge in [0.05, 0.1) is 18.0 Å². The van der Waals surface area contributed by atoms with Crippen LogP contribution in [0.15, 0.2) is 71.8 Å². The minimum atomic E-state index is -3.60. The van der Waals surface area contributed by atoms with Gasteiger partial charge in [-0.3, -0.25) is 0 Å². The highest BCUT2D eigenvalue weighted by atomic mass is 32.2. The van der Waals surface area contributed by atoms with E-state index < -0.39 is 10.0 Å². The molecule has 0 bridgehead atoms. The maximum Gasteiger partial charge on any atom is 0.240 e. The first-order valence-electron chi connectivity index (χ1n) is 8.45. The van der Waals surface area contributed by atoms with Gasteiger partial charge >= 0.3 is 0 Å². The zero-order valence-corrected chi connectivity index (χ0v) is 15.3. The zero-order chi connectivity index (χ0) is 18.6. The van der Waals surface area contributed by atoms with Crippen LogP contribution in [-0.2, 0) is 29.5 Å². The molecule has 0 aliphatic rings. The maximum atomic E-state index is 13.8. The SMILES string of the molecule is CCc1ccc(S(=O)(=O)NCc2cccn2Cc2ccccc2F)cc1. The molecule has 0 atom stereocenters. The number of rotatable bonds is 7. The topological polar surface area (TPSA) is 51.1 Å². The highest BCUT2D eigenvalue weighted by Gasteiger charge is 2.14. The van der Waals surface area contributed by atoms with Crippen molar-refractivity contribution in [2.24, 2.45) is 0 Å². The molecule has 1 heterocycles. The minimum Gasteiger partial charge on any atom is -0.346 e. The fourth-order valence-electron chi connectivity index (χ4n) is 2.73. The van der Waals surface area contributed by atoms with E-state index in [1.807, 2.05) is 42.0 Å². The summed E-state index contributed by atoms with van der Waals surface area (Å²) in [7, 11) is -3.60. The largest absolute Gasteiger partial charge is 0.346 e. The lowest BCUT2D eigenvalue weighted by molar-refractivity contribution is 0.574. The summed E-state index contributed by atoms with van der Waals surface area (Å²) in [6.07, 6.45) is 2.67. The molecule has 0 spiro atoms. The van der Waals surface area contributed by atoms with Gasteiger partial charge in [0.2, 0.25) is 10.0 Å². The van der Waals surface area contributed by atoms with Crippen molar-refractivity contribution in [1.82, 2.24) is 9.29 Å². The summed E-state index contributed by atoms with van der Waals surface area (Å²) in [5.41, 5.74) is 2.41. The lowest BCUT2D eigenvalue weighted by atomic mass is 10.2. The summed E-state index contributed by atoms with van der Waals surface area (Å²) in [6.45, 7) is 2.51. The van der Waals surface area contributed by atoms with Crippen LogP contribution in [0.2, 0.25) is 0 Å². The van der Waals surface area contributed by atoms with Gasteiger partial charge in [0, 0.05) is 17.5 Å². The van der Waals surface area contributed by atoms with Gasteiger partial charge in [-0.1, -0.05) is 37.3 Å². The second-order valence-electron chi connectivity index (χ2n) is 6.04. The number of benzene rings is 2. The van der Waals surface area contributed by atoms with Gasteiger partial charge in [-0.25, -0.2) is 17.5 Å². The van der Waals surface area contributed by atoms with Crippen LogP contribution in [0.3, 0.4) is 0 Å². The van der Waals surface area contributed by atoms with Crippen LogP contribution in [0.1, 0.15) is 23.7 Å². The molecule has 136 valence electrons. The molecule has 0 saturated heterocycles. The first-order valence-corrected chi connectivity index (χ1v) is 9.94. The molecule has 4 nitrogen and oxygen atoms in total. The van der Waals surface area contributed by atoms with Gasteiger partial charge in [-0.2, -0.15) is 0 Å². The molecule has 1 aromatic heterocycles. The Bertz CT molecular complexity index is 979. The molecule has 0 amide bonds. The molecule has 0 aliphatic heterocycles. The third-order valence-corrected chi connectivity index (χ3v) is 5.72. The van der Waals surface area contributed by atoms with Crippen molar-refractivity contribution in [1.29, 1.82) is 0 Å². The number of hydrogen-bond donors (Lipinski definition) is 1. The van der Waals surface area contributed by atoms with E-state index in [0.717, 1.165) is 17.7 Å². The number of nitrogens with one attached hydrogen (secondary N) is 1. The number of hydrogen-bond acceptors (Lipinski definition) is 2. The molecule has 0 saturated carbocycles. The molecule has 3 rings (SSSR count). The Morgan fingerprint density at radius 1 is 1.00 bits per heavy atom. The summed E-state index contributed by atoms with van der Waals surface area (Å²) in [5.74, 6) is -0.274. The first kappa shape index (κ1) is 18.4. The van der Waals surface area contributed by atoms with Gasteiger partial charge in [-0.05, 0) is 42.3 Å². The Balaban J connectivity index is 1.72. The van der Waals surface area contributed by atoms with Crippen molar-refractivity contribution in [3.63, 3.8) is 0 Å². The summed E-state index contributed by atoms with van der Waals surface area (Å²) >= 11 is 0. The number of sulfonamides is 1. The minimum absolute atomic E-state index is 0.138. The molecule has 26 heavy (non-hydrogen) atoms. The van der Waals surface area contributed by atoms with Gasteiger partial charge in [0.15, 0.2) is 0 Å². The molecular formula is C20H21FN2O2S. The third kappa shape index (κ3) is 4.20. The molecule has 1 N–H and O–H groups in total. The molecular weight excluding hydrogens is 351 g/mol. The summed E-state index contributed by atoms with van der Waals surface area (Å²) in [4.78, 5) is 0.238. The Morgan fingerprint density at radius 3 is 2.42 bits per heavy atom. The summed E-state index contributed by atoms with van der Waals surface area (Å²) in [5, 5.41) is 0. The molecule has 0 aliphatic carbocycles. The molecule has 0 unspecified atom stereocenters. The zero-order valence-electron chi connectivity index (χ0n) is 14.5. The first-order chi connectivity index (χ1) is 12.5. The van der Waals surface area contributed by atoms with Crippen LogP contribution in [-0.4, -0.2) is 13.0 Å². The molecule has 2 aromatic carbocycles. The van der Waals surface area contributed by atoms with Crippen LogP contribution in [0.25, 0.3) is 0 Å². The van der Waals surface area contributed by atoms with Crippen molar-refractivity contribution in [2.45, 2.75) is 31.3 Å². The summed E-state index contributed by atoms with van der Waals surface area (Å²) in [6, 6.07) is 17.1. The summed E-state index contributed by atoms with van der Waals surface area (Å²) < 4.78 is 43.2. The van der Waals surface area contributed by atoms with E-state index in [4.69, 9.17) is 0 Å². The molecule has 6 heteroatoms. The Morgan fingerprint density at radius 2 is 1.73 bits per heavy atom. The van der Waals surface area contributed by atoms with Crippen LogP contribution < -0.4 is 4.72 Å². The van der Waals surface area contributed by atoms with Crippen LogP contribution >= 0.6 is 0 Å². The number of halogens is 1. The highest BCUT2D eigenvalue weighted by molar-refractivity contribution is 7.89. The Kier molecular flexibility index (Phi) is 5.54. The van der Waals surface area contributed by atoms with Crippen molar-refractivity contribution < 1.29 is 12.8 Å².